The van der Waals surface area contributed by atoms with Gasteiger partial charge in [-0.05, 0) is 36.0 Å². The third-order valence-electron chi connectivity index (χ3n) is 2.79. The van der Waals surface area contributed by atoms with Crippen LogP contribution in [0.1, 0.15) is 45.2 Å². The smallest absolute Gasteiger partial charge is 0.122 e. The Kier molecular flexibility index (Phi) is 4.63. The van der Waals surface area contributed by atoms with E-state index in [0.717, 1.165) is 18.6 Å². The minimum absolute atomic E-state index is 0.109. The Balaban J connectivity index is 2.99. The second kappa shape index (κ2) is 5.77. The van der Waals surface area contributed by atoms with Crippen molar-refractivity contribution in [3.8, 4) is 17.6 Å². The van der Waals surface area contributed by atoms with Gasteiger partial charge in [-0.3, -0.25) is 0 Å². The van der Waals surface area contributed by atoms with Gasteiger partial charge in [0.15, 0.2) is 0 Å². The van der Waals surface area contributed by atoms with Crippen LogP contribution in [-0.4, -0.2) is 7.11 Å². The highest BCUT2D eigenvalue weighted by Crippen LogP contribution is 2.32. The lowest BCUT2D eigenvalue weighted by Crippen LogP contribution is -2.13. The van der Waals surface area contributed by atoms with Crippen LogP contribution in [0.25, 0.3) is 0 Å². The Morgan fingerprint density at radius 1 is 1.24 bits per heavy atom. The maximum absolute atomic E-state index is 5.42. The maximum Gasteiger partial charge on any atom is 0.122 e. The minimum atomic E-state index is 0.109. The van der Waals surface area contributed by atoms with Gasteiger partial charge >= 0.3 is 0 Å². The Morgan fingerprint density at radius 2 is 1.94 bits per heavy atom. The fourth-order valence-electron chi connectivity index (χ4n) is 1.83. The molecule has 0 atom stereocenters. The normalized spacial score (nSPS) is 10.6. The molecule has 17 heavy (non-hydrogen) atoms. The first-order valence-electron chi connectivity index (χ1n) is 6.06. The predicted molar refractivity (Wildman–Crippen MR) is 73.5 cm³/mol. The van der Waals surface area contributed by atoms with Crippen molar-refractivity contribution in [2.24, 2.45) is 0 Å². The lowest BCUT2D eigenvalue weighted by atomic mass is 9.85. The Bertz CT molecular complexity index is 427. The molecular formula is C16H22O. The molecule has 0 fully saturated rings. The molecular weight excluding hydrogens is 208 g/mol. The second-order valence-electron chi connectivity index (χ2n) is 5.21. The monoisotopic (exact) mass is 230 g/mol. The number of methoxy groups -OCH3 is 1. The quantitative estimate of drug-likeness (QED) is 0.714. The van der Waals surface area contributed by atoms with Crippen LogP contribution in [-0.2, 0) is 11.8 Å². The highest BCUT2D eigenvalue weighted by Gasteiger charge is 2.18. The molecule has 1 heteroatoms. The first-order valence-corrected chi connectivity index (χ1v) is 6.06. The average molecular weight is 230 g/mol. The molecule has 1 aromatic rings. The van der Waals surface area contributed by atoms with E-state index in [0.29, 0.717) is 0 Å². The Morgan fingerprint density at radius 3 is 2.47 bits per heavy atom. The Labute approximate surface area is 105 Å². The summed E-state index contributed by atoms with van der Waals surface area (Å²) in [4.78, 5) is 0. The molecule has 0 unspecified atom stereocenters. The lowest BCUT2D eigenvalue weighted by Gasteiger charge is -2.22. The van der Waals surface area contributed by atoms with Gasteiger partial charge < -0.3 is 4.74 Å². The molecule has 0 aromatic heterocycles. The van der Waals surface area contributed by atoms with Gasteiger partial charge in [-0.15, -0.1) is 11.8 Å². The van der Waals surface area contributed by atoms with Crippen LogP contribution in [0.5, 0.6) is 5.75 Å². The largest absolute Gasteiger partial charge is 0.496 e. The number of ether oxygens (including phenoxy) is 1. The van der Waals surface area contributed by atoms with Crippen molar-refractivity contribution < 1.29 is 4.74 Å². The van der Waals surface area contributed by atoms with Gasteiger partial charge in [-0.2, -0.15) is 0 Å². The summed E-state index contributed by atoms with van der Waals surface area (Å²) in [5, 5.41) is 0. The van der Waals surface area contributed by atoms with Gasteiger partial charge in [0.05, 0.1) is 7.11 Å². The molecule has 0 aliphatic rings. The van der Waals surface area contributed by atoms with Crippen LogP contribution in [0.15, 0.2) is 18.2 Å². The van der Waals surface area contributed by atoms with E-state index >= 15 is 0 Å². The summed E-state index contributed by atoms with van der Waals surface area (Å²) in [5.41, 5.74) is 2.71. The van der Waals surface area contributed by atoms with Crippen molar-refractivity contribution in [1.29, 1.82) is 0 Å². The van der Waals surface area contributed by atoms with Gasteiger partial charge in [-0.25, -0.2) is 0 Å². The van der Waals surface area contributed by atoms with Crippen LogP contribution >= 0.6 is 0 Å². The molecule has 0 amide bonds. The van der Waals surface area contributed by atoms with Crippen LogP contribution in [0.4, 0.5) is 0 Å². The third-order valence-corrected chi connectivity index (χ3v) is 2.79. The topological polar surface area (TPSA) is 9.23 Å². The molecule has 1 aromatic carbocycles. The van der Waals surface area contributed by atoms with Crippen LogP contribution in [0.2, 0.25) is 0 Å². The summed E-state index contributed by atoms with van der Waals surface area (Å²) in [6, 6.07) is 6.44. The van der Waals surface area contributed by atoms with Crippen molar-refractivity contribution in [3.63, 3.8) is 0 Å². The molecule has 0 saturated carbocycles. The van der Waals surface area contributed by atoms with Crippen molar-refractivity contribution in [1.82, 2.24) is 0 Å². The van der Waals surface area contributed by atoms with E-state index in [4.69, 9.17) is 4.74 Å². The summed E-state index contributed by atoms with van der Waals surface area (Å²) in [5.74, 6) is 7.01. The Hall–Kier alpha value is -1.42. The van der Waals surface area contributed by atoms with Crippen molar-refractivity contribution in [2.45, 2.75) is 46.0 Å². The first-order chi connectivity index (χ1) is 7.99. The van der Waals surface area contributed by atoms with Gasteiger partial charge in [0.1, 0.15) is 5.75 Å². The number of rotatable bonds is 3. The molecule has 92 valence electrons. The molecule has 0 bridgehead atoms. The molecule has 1 nitrogen and oxygen atoms in total. The molecule has 0 N–H and O–H groups in total. The average Bonchev–Trinajstić information content (AvgIpc) is 2.28. The first kappa shape index (κ1) is 13.6. The van der Waals surface area contributed by atoms with E-state index in [-0.39, 0.29) is 5.41 Å². The van der Waals surface area contributed by atoms with E-state index in [2.05, 4.69) is 50.8 Å². The van der Waals surface area contributed by atoms with Gasteiger partial charge in [0.25, 0.3) is 0 Å². The summed E-state index contributed by atoms with van der Waals surface area (Å²) < 4.78 is 5.42. The second-order valence-corrected chi connectivity index (χ2v) is 5.21. The molecule has 0 saturated heterocycles. The zero-order valence-corrected chi connectivity index (χ0v) is 11.6. The molecule has 0 radical (unpaired) electrons. The van der Waals surface area contributed by atoms with E-state index in [1.165, 1.54) is 11.1 Å². The van der Waals surface area contributed by atoms with Crippen molar-refractivity contribution in [2.75, 3.05) is 7.11 Å². The van der Waals surface area contributed by atoms with Gasteiger partial charge in [0, 0.05) is 6.42 Å². The molecule has 1 rings (SSSR count). The molecule has 0 aliphatic heterocycles. The lowest BCUT2D eigenvalue weighted by molar-refractivity contribution is 0.397. The van der Waals surface area contributed by atoms with Crippen molar-refractivity contribution in [3.05, 3.63) is 29.3 Å². The van der Waals surface area contributed by atoms with Gasteiger partial charge in [0.2, 0.25) is 0 Å². The summed E-state index contributed by atoms with van der Waals surface area (Å²) in [6.45, 7) is 8.51. The van der Waals surface area contributed by atoms with Crippen LogP contribution < -0.4 is 4.74 Å². The predicted octanol–water partition coefficient (Wildman–Crippen LogP) is 3.95. The van der Waals surface area contributed by atoms with E-state index in [1.54, 1.807) is 7.11 Å². The highest BCUT2D eigenvalue weighted by atomic mass is 16.5. The fraction of sp³-hybridized carbons (Fsp3) is 0.500. The summed E-state index contributed by atoms with van der Waals surface area (Å²) in [7, 11) is 1.73. The van der Waals surface area contributed by atoms with Crippen LogP contribution in [0, 0.1) is 11.8 Å². The fourth-order valence-corrected chi connectivity index (χ4v) is 1.83. The molecule has 0 spiro atoms. The SMILES string of the molecule is CC#CCCc1ccc(OC)c(C(C)(C)C)c1. The number of hydrogen-bond acceptors (Lipinski definition) is 1. The van der Waals surface area contributed by atoms with Crippen molar-refractivity contribution >= 4 is 0 Å². The zero-order chi connectivity index (χ0) is 12.9. The highest BCUT2D eigenvalue weighted by molar-refractivity contribution is 5.41. The summed E-state index contributed by atoms with van der Waals surface area (Å²) in [6.07, 6.45) is 1.93. The maximum atomic E-state index is 5.42. The molecule has 0 aliphatic carbocycles. The molecule has 0 heterocycles. The number of benzene rings is 1. The number of hydrogen-bond donors (Lipinski definition) is 0. The van der Waals surface area contributed by atoms with E-state index in [1.807, 2.05) is 6.92 Å². The summed E-state index contributed by atoms with van der Waals surface area (Å²) >= 11 is 0. The number of aryl methyl sites for hydroxylation is 1. The standard InChI is InChI=1S/C16H22O/c1-6-7-8-9-13-10-11-15(17-5)14(12-13)16(2,3)4/h10-12H,8-9H2,1-5H3. The van der Waals surface area contributed by atoms with Gasteiger partial charge in [-0.1, -0.05) is 32.9 Å². The van der Waals surface area contributed by atoms with Crippen LogP contribution in [0.3, 0.4) is 0 Å². The van der Waals surface area contributed by atoms with E-state index in [9.17, 15) is 0 Å². The third kappa shape index (κ3) is 3.82. The zero-order valence-electron chi connectivity index (χ0n) is 11.6. The van der Waals surface area contributed by atoms with E-state index < -0.39 is 0 Å². The minimum Gasteiger partial charge on any atom is -0.496 e.